The molecule has 3 nitrogen and oxygen atoms in total. The van der Waals surface area contributed by atoms with Crippen molar-refractivity contribution in [2.45, 2.75) is 13.0 Å². The van der Waals surface area contributed by atoms with E-state index in [9.17, 15) is 4.79 Å². The maximum Gasteiger partial charge on any atom is 0.263 e. The maximum absolute atomic E-state index is 11.5. The first-order valence-corrected chi connectivity index (χ1v) is 5.15. The molecule has 6 heteroatoms. The van der Waals surface area contributed by atoms with E-state index < -0.39 is 0 Å². The second-order valence-electron chi connectivity index (χ2n) is 2.71. The molecule has 1 rings (SSSR count). The van der Waals surface area contributed by atoms with Crippen LogP contribution in [-0.4, -0.2) is 18.5 Å². The zero-order valence-electron chi connectivity index (χ0n) is 7.62. The fourth-order valence-electron chi connectivity index (χ4n) is 0.804. The van der Waals surface area contributed by atoms with E-state index in [0.29, 0.717) is 16.4 Å². The second-order valence-corrected chi connectivity index (χ2v) is 4.03. The van der Waals surface area contributed by atoms with Crippen molar-refractivity contribution in [2.75, 3.05) is 6.54 Å². The number of hydrogen-bond donors (Lipinski definition) is 2. The van der Waals surface area contributed by atoms with Gasteiger partial charge in [-0.1, -0.05) is 11.6 Å². The first-order chi connectivity index (χ1) is 6.15. The smallest absolute Gasteiger partial charge is 0.263 e. The standard InChI is InChI=1S/C8H11ClN2OS.ClH/c1-5(4-10)11-8(12)7-6(9)2-3-13-7;/h2-3,5H,4,10H2,1H3,(H,11,12);1H/t5-;/m1./s1. The fraction of sp³-hybridized carbons (Fsp3) is 0.375. The molecule has 14 heavy (non-hydrogen) atoms. The molecule has 0 saturated heterocycles. The summed E-state index contributed by atoms with van der Waals surface area (Å²) < 4.78 is 0. The lowest BCUT2D eigenvalue weighted by atomic mass is 10.3. The molecule has 1 aromatic rings. The Labute approximate surface area is 98.0 Å². The third kappa shape index (κ3) is 3.46. The summed E-state index contributed by atoms with van der Waals surface area (Å²) in [5.74, 6) is -0.155. The maximum atomic E-state index is 11.5. The van der Waals surface area contributed by atoms with Crippen molar-refractivity contribution in [2.24, 2.45) is 5.73 Å². The van der Waals surface area contributed by atoms with Gasteiger partial charge in [0.1, 0.15) is 4.88 Å². The first-order valence-electron chi connectivity index (χ1n) is 3.89. The Balaban J connectivity index is 0.00000169. The Morgan fingerprint density at radius 1 is 1.79 bits per heavy atom. The van der Waals surface area contributed by atoms with Crippen molar-refractivity contribution in [3.05, 3.63) is 21.3 Å². The van der Waals surface area contributed by atoms with Crippen LogP contribution in [0.2, 0.25) is 5.02 Å². The molecule has 1 aromatic heterocycles. The molecular formula is C8H12Cl2N2OS. The Morgan fingerprint density at radius 3 is 2.86 bits per heavy atom. The van der Waals surface area contributed by atoms with Gasteiger partial charge in [-0.15, -0.1) is 23.7 Å². The van der Waals surface area contributed by atoms with Crippen LogP contribution in [0.1, 0.15) is 16.6 Å². The summed E-state index contributed by atoms with van der Waals surface area (Å²) in [7, 11) is 0. The Morgan fingerprint density at radius 2 is 2.43 bits per heavy atom. The van der Waals surface area contributed by atoms with Crippen molar-refractivity contribution in [3.8, 4) is 0 Å². The molecule has 1 amide bonds. The molecule has 80 valence electrons. The van der Waals surface area contributed by atoms with Crippen LogP contribution in [0, 0.1) is 0 Å². The average Bonchev–Trinajstić information content (AvgIpc) is 2.51. The van der Waals surface area contributed by atoms with Crippen molar-refractivity contribution in [3.63, 3.8) is 0 Å². The highest BCUT2D eigenvalue weighted by molar-refractivity contribution is 7.12. The van der Waals surface area contributed by atoms with Gasteiger partial charge in [0.2, 0.25) is 0 Å². The number of thiophene rings is 1. The number of amides is 1. The normalized spacial score (nSPS) is 11.6. The zero-order valence-corrected chi connectivity index (χ0v) is 10.0. The topological polar surface area (TPSA) is 55.1 Å². The lowest BCUT2D eigenvalue weighted by Gasteiger charge is -2.09. The predicted molar refractivity (Wildman–Crippen MR) is 62.6 cm³/mol. The summed E-state index contributed by atoms with van der Waals surface area (Å²) in [4.78, 5) is 12.0. The fourth-order valence-corrected chi connectivity index (χ4v) is 1.85. The SMILES string of the molecule is C[C@H](CN)NC(=O)c1sccc1Cl.Cl. The largest absolute Gasteiger partial charge is 0.348 e. The molecule has 0 aliphatic heterocycles. The molecule has 1 atom stereocenters. The molecule has 0 unspecified atom stereocenters. The molecule has 0 aromatic carbocycles. The van der Waals surface area contributed by atoms with Crippen LogP contribution in [0.15, 0.2) is 11.4 Å². The van der Waals surface area contributed by atoms with E-state index in [0.717, 1.165) is 0 Å². The van der Waals surface area contributed by atoms with Gasteiger partial charge in [-0.05, 0) is 18.4 Å². The van der Waals surface area contributed by atoms with Gasteiger partial charge in [0, 0.05) is 12.6 Å². The van der Waals surface area contributed by atoms with Crippen molar-refractivity contribution in [1.29, 1.82) is 0 Å². The quantitative estimate of drug-likeness (QED) is 0.866. The molecule has 0 bridgehead atoms. The lowest BCUT2D eigenvalue weighted by Crippen LogP contribution is -2.37. The lowest BCUT2D eigenvalue weighted by molar-refractivity contribution is 0.0945. The van der Waals surface area contributed by atoms with Crippen molar-refractivity contribution in [1.82, 2.24) is 5.32 Å². The predicted octanol–water partition coefficient (Wildman–Crippen LogP) is 1.90. The number of carbonyl (C=O) groups excluding carboxylic acids is 1. The van der Waals surface area contributed by atoms with E-state index in [2.05, 4.69) is 5.32 Å². The molecule has 0 radical (unpaired) electrons. The summed E-state index contributed by atoms with van der Waals surface area (Å²) >= 11 is 7.10. The molecule has 1 heterocycles. The number of nitrogens with two attached hydrogens (primary N) is 1. The average molecular weight is 255 g/mol. The van der Waals surface area contributed by atoms with E-state index >= 15 is 0 Å². The summed E-state index contributed by atoms with van der Waals surface area (Å²) in [6.45, 7) is 2.27. The Bertz CT molecular complexity index is 303. The van der Waals surface area contributed by atoms with Gasteiger partial charge in [-0.25, -0.2) is 0 Å². The number of nitrogens with one attached hydrogen (secondary N) is 1. The number of halogens is 2. The minimum atomic E-state index is -0.155. The van der Waals surface area contributed by atoms with Crippen LogP contribution in [0.25, 0.3) is 0 Å². The Hall–Kier alpha value is -0.290. The summed E-state index contributed by atoms with van der Waals surface area (Å²) in [6, 6.07) is 1.68. The van der Waals surface area contributed by atoms with Gasteiger partial charge in [-0.2, -0.15) is 0 Å². The minimum absolute atomic E-state index is 0. The second kappa shape index (κ2) is 6.24. The molecule has 0 aliphatic rings. The van der Waals surface area contributed by atoms with Crippen molar-refractivity contribution < 1.29 is 4.79 Å². The van der Waals surface area contributed by atoms with Gasteiger partial charge >= 0.3 is 0 Å². The molecule has 3 N–H and O–H groups in total. The van der Waals surface area contributed by atoms with Crippen LogP contribution in [0.4, 0.5) is 0 Å². The molecule has 0 fully saturated rings. The minimum Gasteiger partial charge on any atom is -0.348 e. The van der Waals surface area contributed by atoms with E-state index in [1.165, 1.54) is 11.3 Å². The highest BCUT2D eigenvalue weighted by Gasteiger charge is 2.12. The van der Waals surface area contributed by atoms with Gasteiger partial charge in [0.25, 0.3) is 5.91 Å². The van der Waals surface area contributed by atoms with Gasteiger partial charge in [0.15, 0.2) is 0 Å². The Kier molecular flexibility index (Phi) is 6.11. The van der Waals surface area contributed by atoms with Crippen LogP contribution in [0.5, 0.6) is 0 Å². The van der Waals surface area contributed by atoms with Crippen LogP contribution in [-0.2, 0) is 0 Å². The zero-order chi connectivity index (χ0) is 9.84. The summed E-state index contributed by atoms with van der Waals surface area (Å²) in [5, 5.41) is 5.01. The van der Waals surface area contributed by atoms with Crippen LogP contribution >= 0.6 is 35.3 Å². The molecular weight excluding hydrogens is 243 g/mol. The number of carbonyl (C=O) groups is 1. The van der Waals surface area contributed by atoms with Gasteiger partial charge in [0.05, 0.1) is 5.02 Å². The summed E-state index contributed by atoms with van der Waals surface area (Å²) in [6.07, 6.45) is 0. The summed E-state index contributed by atoms with van der Waals surface area (Å²) in [5.41, 5.74) is 5.37. The molecule has 0 aliphatic carbocycles. The third-order valence-electron chi connectivity index (χ3n) is 1.55. The molecule has 0 spiro atoms. The number of hydrogen-bond acceptors (Lipinski definition) is 3. The highest BCUT2D eigenvalue weighted by Crippen LogP contribution is 2.21. The first kappa shape index (κ1) is 13.7. The highest BCUT2D eigenvalue weighted by atomic mass is 35.5. The molecule has 0 saturated carbocycles. The van der Waals surface area contributed by atoms with E-state index in [1.807, 2.05) is 6.92 Å². The monoisotopic (exact) mass is 254 g/mol. The van der Waals surface area contributed by atoms with Gasteiger partial charge in [-0.3, -0.25) is 4.79 Å². The third-order valence-corrected chi connectivity index (χ3v) is 2.89. The van der Waals surface area contributed by atoms with Crippen molar-refractivity contribution >= 4 is 41.3 Å². The van der Waals surface area contributed by atoms with E-state index in [1.54, 1.807) is 11.4 Å². The van der Waals surface area contributed by atoms with Crippen LogP contribution < -0.4 is 11.1 Å². The van der Waals surface area contributed by atoms with E-state index in [-0.39, 0.29) is 24.4 Å². The van der Waals surface area contributed by atoms with Crippen LogP contribution in [0.3, 0.4) is 0 Å². The number of rotatable bonds is 3. The van der Waals surface area contributed by atoms with E-state index in [4.69, 9.17) is 17.3 Å². The van der Waals surface area contributed by atoms with Gasteiger partial charge < -0.3 is 11.1 Å².